The van der Waals surface area contributed by atoms with E-state index in [-0.39, 0.29) is 32.0 Å². The van der Waals surface area contributed by atoms with Gasteiger partial charge in [-0.25, -0.2) is 4.39 Å². The van der Waals surface area contributed by atoms with Crippen LogP contribution in [0.1, 0.15) is 21.5 Å². The summed E-state index contributed by atoms with van der Waals surface area (Å²) >= 11 is 0. The minimum absolute atomic E-state index is 0.00715. The van der Waals surface area contributed by atoms with E-state index in [4.69, 9.17) is 14.6 Å². The van der Waals surface area contributed by atoms with Gasteiger partial charge in [0.05, 0.1) is 26.2 Å². The number of carbonyl (C=O) groups is 2. The number of aliphatic hydroxyl groups is 1. The van der Waals surface area contributed by atoms with Crippen LogP contribution in [-0.4, -0.2) is 48.8 Å². The summed E-state index contributed by atoms with van der Waals surface area (Å²) in [7, 11) is 0. The first-order chi connectivity index (χ1) is 13.5. The normalized spacial score (nSPS) is 10.5. The summed E-state index contributed by atoms with van der Waals surface area (Å²) in [5.41, 5.74) is 2.20. The number of aldehydes is 1. The number of carboxylic acid groups (broad SMARTS) is 1. The molecule has 0 spiro atoms. The van der Waals surface area contributed by atoms with Crippen molar-refractivity contribution in [1.29, 1.82) is 0 Å². The topological polar surface area (TPSA) is 105 Å². The highest BCUT2D eigenvalue weighted by Gasteiger charge is 2.07. The lowest BCUT2D eigenvalue weighted by Gasteiger charge is -2.11. The van der Waals surface area contributed by atoms with Crippen LogP contribution in [0.25, 0.3) is 0 Å². The van der Waals surface area contributed by atoms with Gasteiger partial charge in [0.2, 0.25) is 0 Å². The molecule has 8 heteroatoms. The number of hydrogen-bond acceptors (Lipinski definition) is 6. The number of carbonyl (C=O) groups excluding carboxylic acids is 1. The monoisotopic (exact) mass is 391 g/mol. The van der Waals surface area contributed by atoms with Gasteiger partial charge in [0.25, 0.3) is 0 Å². The van der Waals surface area contributed by atoms with Gasteiger partial charge in [-0.1, -0.05) is 6.07 Å². The predicted octanol–water partition coefficient (Wildman–Crippen LogP) is 2.27. The Morgan fingerprint density at radius 2 is 1.96 bits per heavy atom. The molecule has 0 unspecified atom stereocenters. The fourth-order valence-corrected chi connectivity index (χ4v) is 2.49. The van der Waals surface area contributed by atoms with Crippen molar-refractivity contribution in [3.8, 4) is 5.75 Å². The number of benzene rings is 2. The number of ether oxygens (including phenoxy) is 2. The Morgan fingerprint density at radius 1 is 1.14 bits per heavy atom. The lowest BCUT2D eigenvalue weighted by atomic mass is 10.1. The molecule has 150 valence electrons. The zero-order valence-electron chi connectivity index (χ0n) is 15.2. The lowest BCUT2D eigenvalue weighted by molar-refractivity contribution is -0.136. The Labute approximate surface area is 161 Å². The van der Waals surface area contributed by atoms with Crippen molar-refractivity contribution >= 4 is 17.9 Å². The zero-order chi connectivity index (χ0) is 20.4. The first-order valence-electron chi connectivity index (χ1n) is 8.67. The van der Waals surface area contributed by atoms with Gasteiger partial charge < -0.3 is 25.0 Å². The van der Waals surface area contributed by atoms with E-state index in [1.165, 1.54) is 18.2 Å². The highest BCUT2D eigenvalue weighted by Crippen LogP contribution is 2.19. The van der Waals surface area contributed by atoms with E-state index in [9.17, 15) is 19.1 Å². The molecule has 0 heterocycles. The number of rotatable bonds is 12. The van der Waals surface area contributed by atoms with Gasteiger partial charge in [-0.15, -0.1) is 0 Å². The maximum atomic E-state index is 13.7. The molecule has 0 aliphatic rings. The van der Waals surface area contributed by atoms with E-state index < -0.39 is 11.8 Å². The molecule has 2 rings (SSSR count). The molecular formula is C20H22FNO6. The molecule has 0 amide bonds. The molecule has 2 aromatic rings. The van der Waals surface area contributed by atoms with E-state index in [1.807, 2.05) is 0 Å². The second-order valence-corrected chi connectivity index (χ2v) is 5.91. The minimum Gasteiger partial charge on any atom is -0.488 e. The highest BCUT2D eigenvalue weighted by molar-refractivity contribution is 5.78. The maximum absolute atomic E-state index is 13.7. The molecule has 7 nitrogen and oxygen atoms in total. The van der Waals surface area contributed by atoms with Gasteiger partial charge in [0.15, 0.2) is 11.6 Å². The third-order valence-corrected chi connectivity index (χ3v) is 3.85. The number of aliphatic hydroxyl groups excluding tert-OH is 1. The second-order valence-electron chi connectivity index (χ2n) is 5.91. The molecule has 0 aliphatic heterocycles. The van der Waals surface area contributed by atoms with Crippen LogP contribution >= 0.6 is 0 Å². The van der Waals surface area contributed by atoms with Crippen molar-refractivity contribution < 1.29 is 33.7 Å². The summed E-state index contributed by atoms with van der Waals surface area (Å²) in [5.74, 6) is -1.57. The Hall–Kier alpha value is -2.97. The van der Waals surface area contributed by atoms with Crippen molar-refractivity contribution in [2.45, 2.75) is 13.0 Å². The maximum Gasteiger partial charge on any atom is 0.307 e. The first-order valence-corrected chi connectivity index (χ1v) is 8.67. The molecule has 28 heavy (non-hydrogen) atoms. The lowest BCUT2D eigenvalue weighted by Crippen LogP contribution is -2.14. The first kappa shape index (κ1) is 21.3. The standard InChI is InChI=1S/C20H22FNO6/c21-18-4-1-14(10-20(25)26)9-19(18)28-8-7-27-6-5-22-17-3-2-15(12-23)16(11-17)13-24/h1-4,9,11-12,22,24H,5-8,10,13H2,(H,25,26). The number of halogens is 1. The minimum atomic E-state index is -1.000. The summed E-state index contributed by atoms with van der Waals surface area (Å²) < 4.78 is 24.4. The number of hydrogen-bond donors (Lipinski definition) is 3. The third-order valence-electron chi connectivity index (χ3n) is 3.85. The van der Waals surface area contributed by atoms with E-state index in [0.29, 0.717) is 36.1 Å². The van der Waals surface area contributed by atoms with Crippen LogP contribution in [0.4, 0.5) is 10.1 Å². The summed E-state index contributed by atoms with van der Waals surface area (Å²) in [6, 6.07) is 9.01. The fourth-order valence-electron chi connectivity index (χ4n) is 2.49. The van der Waals surface area contributed by atoms with Crippen LogP contribution in [0, 0.1) is 5.82 Å². The SMILES string of the molecule is O=Cc1ccc(NCCOCCOc2cc(CC(=O)O)ccc2F)cc1CO. The van der Waals surface area contributed by atoms with Crippen LogP contribution in [0.3, 0.4) is 0 Å². The third kappa shape index (κ3) is 6.64. The summed E-state index contributed by atoms with van der Waals surface area (Å²) in [4.78, 5) is 21.5. The molecule has 0 bridgehead atoms. The Morgan fingerprint density at radius 3 is 2.68 bits per heavy atom. The molecule has 2 aromatic carbocycles. The second kappa shape index (κ2) is 11.0. The molecule has 0 aliphatic carbocycles. The van der Waals surface area contributed by atoms with Gasteiger partial charge in [-0.05, 0) is 41.5 Å². The smallest absolute Gasteiger partial charge is 0.307 e. The fraction of sp³-hybridized carbons (Fsp3) is 0.300. The van der Waals surface area contributed by atoms with Crippen molar-refractivity contribution in [3.05, 3.63) is 58.9 Å². The number of anilines is 1. The highest BCUT2D eigenvalue weighted by atomic mass is 19.1. The molecule has 0 radical (unpaired) electrons. The Balaban J connectivity index is 1.68. The zero-order valence-corrected chi connectivity index (χ0v) is 15.2. The Kier molecular flexibility index (Phi) is 8.38. The van der Waals surface area contributed by atoms with Gasteiger partial charge in [-0.3, -0.25) is 9.59 Å². The molecule has 0 saturated carbocycles. The molecule has 0 aromatic heterocycles. The van der Waals surface area contributed by atoms with Gasteiger partial charge in [0.1, 0.15) is 12.9 Å². The van der Waals surface area contributed by atoms with E-state index in [0.717, 1.165) is 5.69 Å². The van der Waals surface area contributed by atoms with Crippen molar-refractivity contribution in [2.75, 3.05) is 31.7 Å². The van der Waals surface area contributed by atoms with Crippen molar-refractivity contribution in [1.82, 2.24) is 0 Å². The Bertz CT molecular complexity index is 811. The summed E-state index contributed by atoms with van der Waals surface area (Å²) in [6.45, 7) is 0.997. The number of carboxylic acids is 1. The van der Waals surface area contributed by atoms with Crippen molar-refractivity contribution in [2.24, 2.45) is 0 Å². The molecule has 0 atom stereocenters. The van der Waals surface area contributed by atoms with E-state index in [2.05, 4.69) is 5.32 Å². The molecule has 3 N–H and O–H groups in total. The number of aliphatic carboxylic acids is 1. The quantitative estimate of drug-likeness (QED) is 0.376. The largest absolute Gasteiger partial charge is 0.488 e. The molecule has 0 fully saturated rings. The van der Waals surface area contributed by atoms with Gasteiger partial charge in [0, 0.05) is 17.8 Å². The summed E-state index contributed by atoms with van der Waals surface area (Å²) in [5, 5.41) is 21.1. The van der Waals surface area contributed by atoms with Crippen LogP contribution in [0.5, 0.6) is 5.75 Å². The van der Waals surface area contributed by atoms with Crippen LogP contribution < -0.4 is 10.1 Å². The van der Waals surface area contributed by atoms with E-state index in [1.54, 1.807) is 18.2 Å². The summed E-state index contributed by atoms with van der Waals surface area (Å²) in [6.07, 6.45) is 0.489. The van der Waals surface area contributed by atoms with Crippen LogP contribution in [0.15, 0.2) is 36.4 Å². The predicted molar refractivity (Wildman–Crippen MR) is 100 cm³/mol. The van der Waals surface area contributed by atoms with Crippen LogP contribution in [0.2, 0.25) is 0 Å². The van der Waals surface area contributed by atoms with Crippen molar-refractivity contribution in [3.63, 3.8) is 0 Å². The van der Waals surface area contributed by atoms with Gasteiger partial charge in [-0.2, -0.15) is 0 Å². The molecule has 0 saturated heterocycles. The van der Waals surface area contributed by atoms with E-state index >= 15 is 0 Å². The molecular weight excluding hydrogens is 369 g/mol. The average Bonchev–Trinajstić information content (AvgIpc) is 2.68. The number of nitrogens with one attached hydrogen (secondary N) is 1. The van der Waals surface area contributed by atoms with Crippen LogP contribution in [-0.2, 0) is 22.6 Å². The average molecular weight is 391 g/mol. The van der Waals surface area contributed by atoms with Gasteiger partial charge >= 0.3 is 5.97 Å².